The summed E-state index contributed by atoms with van der Waals surface area (Å²) in [7, 11) is 3.93. The van der Waals surface area contributed by atoms with Gasteiger partial charge in [0.25, 0.3) is 0 Å². The van der Waals surface area contributed by atoms with E-state index < -0.39 is 0 Å². The molecule has 0 aliphatic heterocycles. The molecule has 3 aromatic rings. The van der Waals surface area contributed by atoms with Gasteiger partial charge in [-0.25, -0.2) is 4.99 Å². The van der Waals surface area contributed by atoms with E-state index in [0.717, 1.165) is 47.5 Å². The van der Waals surface area contributed by atoms with Crippen molar-refractivity contribution in [3.8, 4) is 0 Å². The molecule has 3 rings (SSSR count). The van der Waals surface area contributed by atoms with Crippen LogP contribution in [-0.2, 0) is 33.6 Å². The fourth-order valence-corrected chi connectivity index (χ4v) is 3.61. The van der Waals surface area contributed by atoms with Crippen molar-refractivity contribution in [2.24, 2.45) is 19.1 Å². The SMILES string of the molecule is Cc1nn(C)c(C)c1CN=C(NCCc1cccs1)NCc1nnc(C)n1C.I. The topological polar surface area (TPSA) is 84.9 Å². The van der Waals surface area contributed by atoms with Crippen molar-refractivity contribution in [2.45, 2.75) is 40.3 Å². The average Bonchev–Trinajstić information content (AvgIpc) is 3.35. The first-order chi connectivity index (χ1) is 13.5. The summed E-state index contributed by atoms with van der Waals surface area (Å²) in [5, 5.41) is 21.7. The van der Waals surface area contributed by atoms with E-state index in [0.29, 0.717) is 13.1 Å². The van der Waals surface area contributed by atoms with Gasteiger partial charge in [0, 0.05) is 36.8 Å². The summed E-state index contributed by atoms with van der Waals surface area (Å²) in [6, 6.07) is 4.24. The van der Waals surface area contributed by atoms with Crippen LogP contribution in [0.1, 0.15) is 33.5 Å². The number of aryl methyl sites for hydroxylation is 3. The minimum Gasteiger partial charge on any atom is -0.356 e. The van der Waals surface area contributed by atoms with Crippen LogP contribution in [0.2, 0.25) is 0 Å². The number of nitrogens with zero attached hydrogens (tertiary/aromatic N) is 6. The van der Waals surface area contributed by atoms with Gasteiger partial charge in [0.1, 0.15) is 5.82 Å². The molecule has 158 valence electrons. The monoisotopic (exact) mass is 528 g/mol. The zero-order chi connectivity index (χ0) is 20.1. The van der Waals surface area contributed by atoms with E-state index in [9.17, 15) is 0 Å². The summed E-state index contributed by atoms with van der Waals surface area (Å²) < 4.78 is 3.88. The summed E-state index contributed by atoms with van der Waals surface area (Å²) in [5.41, 5.74) is 3.32. The molecular formula is C19H29IN8S. The second-order valence-electron chi connectivity index (χ2n) is 6.77. The Balaban J connectivity index is 0.00000300. The van der Waals surface area contributed by atoms with Crippen LogP contribution in [0.4, 0.5) is 0 Å². The minimum absolute atomic E-state index is 0. The highest BCUT2D eigenvalue weighted by atomic mass is 127. The molecular weight excluding hydrogens is 499 g/mol. The molecule has 0 saturated heterocycles. The first-order valence-electron chi connectivity index (χ1n) is 9.34. The Hall–Kier alpha value is -1.95. The second kappa shape index (κ2) is 10.7. The first kappa shape index (κ1) is 23.3. The maximum absolute atomic E-state index is 4.79. The standard InChI is InChI=1S/C19H28N8S.HI/c1-13-17(14(2)27(5)25-13)11-21-19(20-9-8-16-7-6-10-28-16)22-12-18-24-23-15(3)26(18)4;/h6-7,10H,8-9,11-12H2,1-5H3,(H2,20,21,22);1H. The molecule has 0 aliphatic rings. The molecule has 3 aromatic heterocycles. The van der Waals surface area contributed by atoms with E-state index in [1.807, 2.05) is 37.2 Å². The maximum atomic E-state index is 4.79. The zero-order valence-electron chi connectivity index (χ0n) is 17.6. The smallest absolute Gasteiger partial charge is 0.191 e. The Kier molecular flexibility index (Phi) is 8.62. The molecule has 0 unspecified atom stereocenters. The number of aliphatic imine (C=N–C) groups is 1. The van der Waals surface area contributed by atoms with Gasteiger partial charge in [-0.05, 0) is 38.6 Å². The summed E-state index contributed by atoms with van der Waals surface area (Å²) >= 11 is 1.77. The van der Waals surface area contributed by atoms with Crippen molar-refractivity contribution in [1.29, 1.82) is 0 Å². The van der Waals surface area contributed by atoms with Gasteiger partial charge in [0.15, 0.2) is 11.8 Å². The number of thiophene rings is 1. The molecule has 0 spiro atoms. The van der Waals surface area contributed by atoms with Crippen LogP contribution in [0, 0.1) is 20.8 Å². The average molecular weight is 528 g/mol. The lowest BCUT2D eigenvalue weighted by atomic mass is 10.2. The lowest BCUT2D eigenvalue weighted by molar-refractivity contribution is 0.712. The first-order valence-corrected chi connectivity index (χ1v) is 10.2. The summed E-state index contributed by atoms with van der Waals surface area (Å²) in [5.74, 6) is 2.53. The van der Waals surface area contributed by atoms with Crippen molar-refractivity contribution in [3.63, 3.8) is 0 Å². The third-order valence-corrected chi connectivity index (χ3v) is 5.83. The molecule has 3 heterocycles. The molecule has 8 nitrogen and oxygen atoms in total. The van der Waals surface area contributed by atoms with Gasteiger partial charge in [0.2, 0.25) is 0 Å². The Bertz CT molecular complexity index is 942. The Morgan fingerprint density at radius 1 is 1.17 bits per heavy atom. The molecule has 0 bridgehead atoms. The van der Waals surface area contributed by atoms with Gasteiger partial charge < -0.3 is 15.2 Å². The fourth-order valence-electron chi connectivity index (χ4n) is 2.91. The van der Waals surface area contributed by atoms with Crippen LogP contribution in [0.3, 0.4) is 0 Å². The van der Waals surface area contributed by atoms with E-state index in [1.54, 1.807) is 11.3 Å². The lowest BCUT2D eigenvalue weighted by Crippen LogP contribution is -2.38. The summed E-state index contributed by atoms with van der Waals surface area (Å²) in [6.45, 7) is 8.00. The van der Waals surface area contributed by atoms with Crippen LogP contribution < -0.4 is 10.6 Å². The summed E-state index contributed by atoms with van der Waals surface area (Å²) in [6.07, 6.45) is 0.965. The van der Waals surface area contributed by atoms with Gasteiger partial charge in [-0.15, -0.1) is 45.5 Å². The highest BCUT2D eigenvalue weighted by molar-refractivity contribution is 14.0. The largest absolute Gasteiger partial charge is 0.356 e. The number of nitrogens with one attached hydrogen (secondary N) is 2. The zero-order valence-corrected chi connectivity index (χ0v) is 20.7. The molecule has 0 aromatic carbocycles. The van der Waals surface area contributed by atoms with Crippen LogP contribution in [0.5, 0.6) is 0 Å². The van der Waals surface area contributed by atoms with E-state index in [1.165, 1.54) is 4.88 Å². The number of rotatable bonds is 7. The predicted molar refractivity (Wildman–Crippen MR) is 128 cm³/mol. The maximum Gasteiger partial charge on any atom is 0.191 e. The van der Waals surface area contributed by atoms with E-state index in [4.69, 9.17) is 4.99 Å². The number of halogens is 1. The molecule has 2 N–H and O–H groups in total. The van der Waals surface area contributed by atoms with Crippen molar-refractivity contribution < 1.29 is 0 Å². The predicted octanol–water partition coefficient (Wildman–Crippen LogP) is 2.63. The van der Waals surface area contributed by atoms with E-state index in [-0.39, 0.29) is 24.0 Å². The molecule has 0 radical (unpaired) electrons. The van der Waals surface area contributed by atoms with E-state index >= 15 is 0 Å². The lowest BCUT2D eigenvalue weighted by Gasteiger charge is -2.12. The Morgan fingerprint density at radius 3 is 2.55 bits per heavy atom. The van der Waals surface area contributed by atoms with Gasteiger partial charge >= 0.3 is 0 Å². The molecule has 0 saturated carbocycles. The molecule has 10 heteroatoms. The van der Waals surface area contributed by atoms with E-state index in [2.05, 4.69) is 50.4 Å². The van der Waals surface area contributed by atoms with Crippen molar-refractivity contribution >= 4 is 41.3 Å². The van der Waals surface area contributed by atoms with Gasteiger partial charge in [-0.3, -0.25) is 4.68 Å². The third kappa shape index (κ3) is 6.01. The fraction of sp³-hybridized carbons (Fsp3) is 0.474. The van der Waals surface area contributed by atoms with Crippen LogP contribution in [0.15, 0.2) is 22.5 Å². The van der Waals surface area contributed by atoms with Crippen LogP contribution in [0.25, 0.3) is 0 Å². The molecule has 29 heavy (non-hydrogen) atoms. The summed E-state index contributed by atoms with van der Waals surface area (Å²) in [4.78, 5) is 6.14. The Labute approximate surface area is 192 Å². The quantitative estimate of drug-likeness (QED) is 0.280. The Morgan fingerprint density at radius 2 is 1.97 bits per heavy atom. The van der Waals surface area contributed by atoms with Gasteiger partial charge in [0.05, 0.1) is 18.8 Å². The van der Waals surface area contributed by atoms with Gasteiger partial charge in [-0.2, -0.15) is 5.10 Å². The minimum atomic E-state index is 0. The number of hydrogen-bond donors (Lipinski definition) is 2. The normalized spacial score (nSPS) is 11.4. The third-order valence-electron chi connectivity index (χ3n) is 4.89. The number of aromatic nitrogens is 5. The molecule has 0 aliphatic carbocycles. The highest BCUT2D eigenvalue weighted by Crippen LogP contribution is 2.13. The van der Waals surface area contributed by atoms with Gasteiger partial charge in [-0.1, -0.05) is 6.07 Å². The molecule has 0 atom stereocenters. The van der Waals surface area contributed by atoms with Crippen molar-refractivity contribution in [3.05, 3.63) is 51.0 Å². The van der Waals surface area contributed by atoms with Crippen molar-refractivity contribution in [2.75, 3.05) is 6.54 Å². The molecule has 0 fully saturated rings. The van der Waals surface area contributed by atoms with Crippen LogP contribution in [-0.4, -0.2) is 37.0 Å². The highest BCUT2D eigenvalue weighted by Gasteiger charge is 2.10. The van der Waals surface area contributed by atoms with Crippen molar-refractivity contribution in [1.82, 2.24) is 35.2 Å². The second-order valence-corrected chi connectivity index (χ2v) is 7.80. The number of hydrogen-bond acceptors (Lipinski definition) is 5. The molecule has 0 amide bonds. The number of guanidine groups is 1. The van der Waals surface area contributed by atoms with Crippen LogP contribution >= 0.6 is 35.3 Å².